The summed E-state index contributed by atoms with van der Waals surface area (Å²) in [5.41, 5.74) is 3.00. The van der Waals surface area contributed by atoms with Crippen LogP contribution in [0.1, 0.15) is 25.1 Å². The van der Waals surface area contributed by atoms with Gasteiger partial charge < -0.3 is 0 Å². The Hall–Kier alpha value is -1.95. The number of terminal acetylenes is 1. The maximum Gasteiger partial charge on any atom is 0.142 e. The van der Waals surface area contributed by atoms with Gasteiger partial charge in [-0.1, -0.05) is 11.6 Å². The Morgan fingerprint density at radius 2 is 2.06 bits per heavy atom. The minimum atomic E-state index is 0.840. The van der Waals surface area contributed by atoms with E-state index in [9.17, 15) is 0 Å². The molecule has 0 fully saturated rings. The fourth-order valence-corrected chi connectivity index (χ4v) is 2.02. The molecule has 3 heteroatoms. The van der Waals surface area contributed by atoms with Gasteiger partial charge in [0.25, 0.3) is 0 Å². The Labute approximate surface area is 102 Å². The Morgan fingerprint density at radius 1 is 1.35 bits per heavy atom. The van der Waals surface area contributed by atoms with Crippen molar-refractivity contribution in [1.29, 1.82) is 0 Å². The number of rotatable bonds is 3. The highest BCUT2D eigenvalue weighted by molar-refractivity contribution is 5.85. The summed E-state index contributed by atoms with van der Waals surface area (Å²) < 4.78 is 0. The highest BCUT2D eigenvalue weighted by atomic mass is 15.7. The van der Waals surface area contributed by atoms with Gasteiger partial charge in [-0.3, -0.25) is 5.01 Å². The summed E-state index contributed by atoms with van der Waals surface area (Å²) in [7, 11) is 0. The van der Waals surface area contributed by atoms with E-state index in [2.05, 4.69) is 48.9 Å². The normalized spacial score (nSPS) is 10.5. The highest BCUT2D eigenvalue weighted by Gasteiger charge is 2.12. The molecule has 0 saturated carbocycles. The SMILES string of the molecule is C#Cc1c2cc(C)ccc2nn1N(CC)CC. The quantitative estimate of drug-likeness (QED) is 0.750. The summed E-state index contributed by atoms with van der Waals surface area (Å²) in [6.45, 7) is 8.04. The van der Waals surface area contributed by atoms with E-state index >= 15 is 0 Å². The van der Waals surface area contributed by atoms with Gasteiger partial charge in [0.1, 0.15) is 5.69 Å². The van der Waals surface area contributed by atoms with Gasteiger partial charge in [-0.15, -0.1) is 6.42 Å². The van der Waals surface area contributed by atoms with Gasteiger partial charge in [0.2, 0.25) is 0 Å². The number of hydrogen-bond donors (Lipinski definition) is 0. The van der Waals surface area contributed by atoms with Crippen LogP contribution in [0.15, 0.2) is 18.2 Å². The Kier molecular flexibility index (Phi) is 3.06. The molecule has 0 aliphatic rings. The van der Waals surface area contributed by atoms with Crippen LogP contribution in [0.5, 0.6) is 0 Å². The monoisotopic (exact) mass is 227 g/mol. The fraction of sp³-hybridized carbons (Fsp3) is 0.357. The van der Waals surface area contributed by atoms with Crippen molar-refractivity contribution in [3.8, 4) is 12.3 Å². The third-order valence-corrected chi connectivity index (χ3v) is 2.94. The smallest absolute Gasteiger partial charge is 0.142 e. The molecule has 0 spiro atoms. The summed E-state index contributed by atoms with van der Waals surface area (Å²) in [5, 5.41) is 7.74. The minimum Gasteiger partial charge on any atom is -0.296 e. The predicted molar refractivity (Wildman–Crippen MR) is 71.7 cm³/mol. The molecule has 17 heavy (non-hydrogen) atoms. The Balaban J connectivity index is 2.69. The zero-order chi connectivity index (χ0) is 12.4. The molecule has 0 atom stereocenters. The number of aromatic nitrogens is 2. The second-order valence-corrected chi connectivity index (χ2v) is 4.04. The zero-order valence-corrected chi connectivity index (χ0v) is 10.6. The van der Waals surface area contributed by atoms with Gasteiger partial charge in [0, 0.05) is 18.5 Å². The molecule has 0 N–H and O–H groups in total. The molecule has 88 valence electrons. The van der Waals surface area contributed by atoms with Crippen molar-refractivity contribution < 1.29 is 0 Å². The van der Waals surface area contributed by atoms with Crippen LogP contribution in [0.3, 0.4) is 0 Å². The maximum atomic E-state index is 5.62. The molecule has 0 unspecified atom stereocenters. The Bertz CT molecular complexity index is 571. The van der Waals surface area contributed by atoms with Gasteiger partial charge in [0.15, 0.2) is 0 Å². The molecule has 1 heterocycles. The largest absolute Gasteiger partial charge is 0.296 e. The first kappa shape index (κ1) is 11.5. The first-order chi connectivity index (χ1) is 8.21. The van der Waals surface area contributed by atoms with Gasteiger partial charge in [-0.25, -0.2) is 0 Å². The van der Waals surface area contributed by atoms with Crippen molar-refractivity contribution in [1.82, 2.24) is 9.89 Å². The maximum absolute atomic E-state index is 5.62. The lowest BCUT2D eigenvalue weighted by Gasteiger charge is -2.21. The van der Waals surface area contributed by atoms with E-state index < -0.39 is 0 Å². The van der Waals surface area contributed by atoms with Gasteiger partial charge in [0.05, 0.1) is 5.52 Å². The van der Waals surface area contributed by atoms with Gasteiger partial charge in [-0.2, -0.15) is 9.89 Å². The predicted octanol–water partition coefficient (Wildman–Crippen LogP) is 2.30. The molecule has 0 amide bonds. The van der Waals surface area contributed by atoms with E-state index in [-0.39, 0.29) is 0 Å². The van der Waals surface area contributed by atoms with Crippen molar-refractivity contribution in [2.24, 2.45) is 0 Å². The van der Waals surface area contributed by atoms with Crippen LogP contribution >= 0.6 is 0 Å². The van der Waals surface area contributed by atoms with E-state index in [4.69, 9.17) is 6.42 Å². The van der Waals surface area contributed by atoms with E-state index in [1.165, 1.54) is 5.56 Å². The summed E-state index contributed by atoms with van der Waals surface area (Å²) in [4.78, 5) is 1.85. The zero-order valence-electron chi connectivity index (χ0n) is 10.6. The molecule has 3 nitrogen and oxygen atoms in total. The van der Waals surface area contributed by atoms with Gasteiger partial charge in [-0.05, 0) is 38.8 Å². The molecule has 2 aromatic rings. The fourth-order valence-electron chi connectivity index (χ4n) is 2.02. The van der Waals surface area contributed by atoms with Crippen molar-refractivity contribution in [2.75, 3.05) is 18.1 Å². The van der Waals surface area contributed by atoms with Crippen LogP contribution in [-0.2, 0) is 0 Å². The number of benzene rings is 1. The number of hydrogen-bond acceptors (Lipinski definition) is 2. The minimum absolute atomic E-state index is 0.840. The number of nitrogens with zero attached hydrogens (tertiary/aromatic N) is 3. The molecule has 2 rings (SSSR count). The summed E-state index contributed by atoms with van der Waals surface area (Å²) in [6, 6.07) is 6.17. The van der Waals surface area contributed by atoms with E-state index in [1.54, 1.807) is 0 Å². The van der Waals surface area contributed by atoms with Crippen LogP contribution in [-0.4, -0.2) is 23.0 Å². The standard InChI is InChI=1S/C14H17N3/c1-5-14-12-10-11(4)8-9-13(12)15-17(14)16(6-2)7-3/h1,8-10H,6-7H2,2-4H3. The molecule has 0 saturated heterocycles. The summed E-state index contributed by atoms with van der Waals surface area (Å²) >= 11 is 0. The van der Waals surface area contributed by atoms with E-state index in [0.29, 0.717) is 0 Å². The molecule has 0 aliphatic carbocycles. The summed E-state index contributed by atoms with van der Waals surface area (Å²) in [6.07, 6.45) is 5.62. The van der Waals surface area contributed by atoms with E-state index in [1.807, 2.05) is 10.9 Å². The second-order valence-electron chi connectivity index (χ2n) is 4.04. The topological polar surface area (TPSA) is 21.1 Å². The average molecular weight is 227 g/mol. The van der Waals surface area contributed by atoms with Crippen molar-refractivity contribution >= 4 is 10.9 Å². The molecule has 1 aromatic carbocycles. The van der Waals surface area contributed by atoms with Crippen molar-refractivity contribution in [3.63, 3.8) is 0 Å². The Morgan fingerprint density at radius 3 is 2.65 bits per heavy atom. The van der Waals surface area contributed by atoms with Crippen LogP contribution in [0.25, 0.3) is 10.9 Å². The van der Waals surface area contributed by atoms with Crippen LogP contribution in [0, 0.1) is 19.3 Å². The van der Waals surface area contributed by atoms with Crippen molar-refractivity contribution in [2.45, 2.75) is 20.8 Å². The third-order valence-electron chi connectivity index (χ3n) is 2.94. The van der Waals surface area contributed by atoms with Crippen LogP contribution in [0.4, 0.5) is 0 Å². The first-order valence-electron chi connectivity index (χ1n) is 5.92. The molecule has 0 radical (unpaired) electrons. The molecular weight excluding hydrogens is 210 g/mol. The molecule has 1 aromatic heterocycles. The van der Waals surface area contributed by atoms with Crippen LogP contribution in [0.2, 0.25) is 0 Å². The third kappa shape index (κ3) is 1.87. The lowest BCUT2D eigenvalue weighted by Crippen LogP contribution is -2.35. The molecule has 0 aliphatic heterocycles. The summed E-state index contributed by atoms with van der Waals surface area (Å²) in [5.74, 6) is 2.75. The van der Waals surface area contributed by atoms with Crippen LogP contribution < -0.4 is 5.01 Å². The lowest BCUT2D eigenvalue weighted by atomic mass is 10.1. The lowest BCUT2D eigenvalue weighted by molar-refractivity contribution is 0.557. The van der Waals surface area contributed by atoms with Gasteiger partial charge >= 0.3 is 0 Å². The highest BCUT2D eigenvalue weighted by Crippen LogP contribution is 2.19. The molecular formula is C14H17N3. The average Bonchev–Trinajstić information content (AvgIpc) is 2.68. The first-order valence-corrected chi connectivity index (χ1v) is 5.92. The van der Waals surface area contributed by atoms with E-state index in [0.717, 1.165) is 29.7 Å². The number of fused-ring (bicyclic) bond motifs is 1. The molecule has 0 bridgehead atoms. The number of aryl methyl sites for hydroxylation is 1. The second kappa shape index (κ2) is 4.50. The van der Waals surface area contributed by atoms with Crippen molar-refractivity contribution in [3.05, 3.63) is 29.5 Å².